The minimum absolute atomic E-state index is 0.0125. The molecule has 72 valence electrons. The second kappa shape index (κ2) is 3.38. The number of nitrogens with two attached hydrogens (primary N) is 1. The lowest BCUT2D eigenvalue weighted by atomic mass is 10.2. The fourth-order valence-electron chi connectivity index (χ4n) is 0.808. The molecule has 0 bridgehead atoms. The van der Waals surface area contributed by atoms with Crippen LogP contribution < -0.4 is 5.73 Å². The molecule has 0 radical (unpaired) electrons. The maximum Gasteiger partial charge on any atom is 0.418 e. The molecule has 0 aliphatic carbocycles. The van der Waals surface area contributed by atoms with Crippen LogP contribution >= 0.6 is 27.5 Å². The molecule has 0 aliphatic heterocycles. The molecule has 6 heteroatoms. The van der Waals surface area contributed by atoms with Gasteiger partial charge >= 0.3 is 6.18 Å². The SMILES string of the molecule is Nc1cc(Br)c(Cl)cc1C(F)(F)F. The molecule has 0 amide bonds. The molecule has 0 heterocycles. The van der Waals surface area contributed by atoms with Gasteiger partial charge in [-0.25, -0.2) is 0 Å². The molecule has 1 nitrogen and oxygen atoms in total. The summed E-state index contributed by atoms with van der Waals surface area (Å²) in [4.78, 5) is 0. The Morgan fingerprint density at radius 2 is 1.85 bits per heavy atom. The topological polar surface area (TPSA) is 26.0 Å². The molecule has 13 heavy (non-hydrogen) atoms. The van der Waals surface area contributed by atoms with Gasteiger partial charge in [-0.2, -0.15) is 13.2 Å². The number of hydrogen-bond acceptors (Lipinski definition) is 1. The van der Waals surface area contributed by atoms with Gasteiger partial charge in [-0.3, -0.25) is 0 Å². The Kier molecular flexibility index (Phi) is 2.77. The predicted molar refractivity (Wildman–Crippen MR) is 48.6 cm³/mol. The van der Waals surface area contributed by atoms with Gasteiger partial charge in [0.15, 0.2) is 0 Å². The molecule has 0 fully saturated rings. The first kappa shape index (κ1) is 10.7. The van der Waals surface area contributed by atoms with Crippen molar-refractivity contribution in [1.82, 2.24) is 0 Å². The Hall–Kier alpha value is -0.420. The van der Waals surface area contributed by atoms with E-state index in [9.17, 15) is 13.2 Å². The molecular weight excluding hydrogens is 270 g/mol. The molecule has 0 spiro atoms. The van der Waals surface area contributed by atoms with Crippen molar-refractivity contribution in [3.8, 4) is 0 Å². The third-order valence-corrected chi connectivity index (χ3v) is 2.59. The van der Waals surface area contributed by atoms with Crippen LogP contribution in [0.4, 0.5) is 18.9 Å². The summed E-state index contributed by atoms with van der Waals surface area (Å²) in [7, 11) is 0. The Balaban J connectivity index is 3.32. The summed E-state index contributed by atoms with van der Waals surface area (Å²) in [5.74, 6) is 0. The van der Waals surface area contributed by atoms with Crippen molar-refractivity contribution in [2.75, 3.05) is 5.73 Å². The van der Waals surface area contributed by atoms with E-state index in [1.165, 1.54) is 0 Å². The third kappa shape index (κ3) is 2.28. The highest BCUT2D eigenvalue weighted by atomic mass is 79.9. The quantitative estimate of drug-likeness (QED) is 0.717. The van der Waals surface area contributed by atoms with E-state index in [1.54, 1.807) is 0 Å². The second-order valence-electron chi connectivity index (χ2n) is 2.35. The summed E-state index contributed by atoms with van der Waals surface area (Å²) in [6, 6.07) is 1.92. The summed E-state index contributed by atoms with van der Waals surface area (Å²) in [5, 5.41) is -0.0125. The smallest absolute Gasteiger partial charge is 0.398 e. The number of halogens is 5. The molecule has 1 aromatic rings. The zero-order valence-electron chi connectivity index (χ0n) is 6.12. The van der Waals surface area contributed by atoms with Crippen molar-refractivity contribution in [2.45, 2.75) is 6.18 Å². The summed E-state index contributed by atoms with van der Waals surface area (Å²) in [6.45, 7) is 0. The van der Waals surface area contributed by atoms with Crippen molar-refractivity contribution in [2.24, 2.45) is 0 Å². The molecule has 0 saturated heterocycles. The van der Waals surface area contributed by atoms with Crippen LogP contribution in [0.1, 0.15) is 5.56 Å². The van der Waals surface area contributed by atoms with Crippen LogP contribution in [0.25, 0.3) is 0 Å². The van der Waals surface area contributed by atoms with Crippen LogP contribution in [0.5, 0.6) is 0 Å². The van der Waals surface area contributed by atoms with Gasteiger partial charge < -0.3 is 5.73 Å². The number of anilines is 1. The Morgan fingerprint density at radius 3 is 2.31 bits per heavy atom. The first-order chi connectivity index (χ1) is 5.82. The first-order valence-electron chi connectivity index (χ1n) is 3.14. The monoisotopic (exact) mass is 273 g/mol. The van der Waals surface area contributed by atoms with Crippen LogP contribution in [0.2, 0.25) is 5.02 Å². The molecule has 1 rings (SSSR count). The lowest BCUT2D eigenvalue weighted by molar-refractivity contribution is -0.136. The van der Waals surface area contributed by atoms with E-state index in [0.29, 0.717) is 4.47 Å². The van der Waals surface area contributed by atoms with E-state index < -0.39 is 11.7 Å². The fourth-order valence-corrected chi connectivity index (χ4v) is 1.33. The predicted octanol–water partition coefficient (Wildman–Crippen LogP) is 3.70. The van der Waals surface area contributed by atoms with Crippen LogP contribution in [-0.2, 0) is 6.18 Å². The number of rotatable bonds is 0. The fraction of sp³-hybridized carbons (Fsp3) is 0.143. The number of alkyl halides is 3. The van der Waals surface area contributed by atoms with Gasteiger partial charge in [0.2, 0.25) is 0 Å². The zero-order valence-corrected chi connectivity index (χ0v) is 8.46. The van der Waals surface area contributed by atoms with Gasteiger partial charge in [-0.1, -0.05) is 11.6 Å². The second-order valence-corrected chi connectivity index (χ2v) is 3.61. The normalized spacial score (nSPS) is 11.8. The van der Waals surface area contributed by atoms with Crippen LogP contribution in [-0.4, -0.2) is 0 Å². The van der Waals surface area contributed by atoms with E-state index in [0.717, 1.165) is 12.1 Å². The molecule has 0 atom stereocenters. The largest absolute Gasteiger partial charge is 0.418 e. The highest BCUT2D eigenvalue weighted by Gasteiger charge is 2.33. The summed E-state index contributed by atoms with van der Waals surface area (Å²) in [6.07, 6.45) is -4.46. The minimum Gasteiger partial charge on any atom is -0.398 e. The van der Waals surface area contributed by atoms with Gasteiger partial charge in [0.1, 0.15) is 0 Å². The third-order valence-electron chi connectivity index (χ3n) is 1.40. The van der Waals surface area contributed by atoms with Gasteiger partial charge in [0.25, 0.3) is 0 Å². The van der Waals surface area contributed by atoms with Gasteiger partial charge in [-0.15, -0.1) is 0 Å². The van der Waals surface area contributed by atoms with Crippen molar-refractivity contribution in [3.63, 3.8) is 0 Å². The van der Waals surface area contributed by atoms with Gasteiger partial charge in [-0.05, 0) is 28.1 Å². The van der Waals surface area contributed by atoms with E-state index in [4.69, 9.17) is 17.3 Å². The van der Waals surface area contributed by atoms with Crippen molar-refractivity contribution < 1.29 is 13.2 Å². The Labute approximate surface area is 85.8 Å². The zero-order chi connectivity index (χ0) is 10.2. The van der Waals surface area contributed by atoms with Gasteiger partial charge in [0.05, 0.1) is 10.6 Å². The van der Waals surface area contributed by atoms with E-state index >= 15 is 0 Å². The minimum atomic E-state index is -4.46. The summed E-state index contributed by atoms with van der Waals surface area (Å²) < 4.78 is 37.0. The molecule has 0 saturated carbocycles. The summed E-state index contributed by atoms with van der Waals surface area (Å²) in [5.41, 5.74) is 3.91. The van der Waals surface area contributed by atoms with Crippen molar-refractivity contribution >= 4 is 33.2 Å². The van der Waals surface area contributed by atoms with Gasteiger partial charge in [0, 0.05) is 10.2 Å². The highest BCUT2D eigenvalue weighted by Crippen LogP contribution is 2.37. The Morgan fingerprint density at radius 1 is 1.31 bits per heavy atom. The van der Waals surface area contributed by atoms with Crippen molar-refractivity contribution in [1.29, 1.82) is 0 Å². The van der Waals surface area contributed by atoms with E-state index in [2.05, 4.69) is 15.9 Å². The van der Waals surface area contributed by atoms with E-state index in [1.807, 2.05) is 0 Å². The number of hydrogen-bond donors (Lipinski definition) is 1. The molecule has 0 unspecified atom stereocenters. The first-order valence-corrected chi connectivity index (χ1v) is 4.31. The molecular formula is C7H4BrClF3N. The Bertz CT molecular complexity index is 337. The lowest BCUT2D eigenvalue weighted by Gasteiger charge is -2.10. The maximum absolute atomic E-state index is 12.2. The number of nitrogen functional groups attached to an aromatic ring is 1. The van der Waals surface area contributed by atoms with Crippen molar-refractivity contribution in [3.05, 3.63) is 27.2 Å². The average molecular weight is 274 g/mol. The maximum atomic E-state index is 12.2. The molecule has 0 aliphatic rings. The van der Waals surface area contributed by atoms with Crippen LogP contribution in [0.15, 0.2) is 16.6 Å². The average Bonchev–Trinajstić information content (AvgIpc) is 1.94. The number of benzene rings is 1. The lowest BCUT2D eigenvalue weighted by Crippen LogP contribution is -2.08. The van der Waals surface area contributed by atoms with E-state index in [-0.39, 0.29) is 10.7 Å². The summed E-state index contributed by atoms with van der Waals surface area (Å²) >= 11 is 8.46. The van der Waals surface area contributed by atoms with Crippen LogP contribution in [0.3, 0.4) is 0 Å². The molecule has 2 N–H and O–H groups in total. The molecule has 0 aromatic heterocycles. The molecule has 1 aromatic carbocycles. The highest BCUT2D eigenvalue weighted by molar-refractivity contribution is 9.10. The van der Waals surface area contributed by atoms with Crippen LogP contribution in [0, 0.1) is 0 Å². The standard InChI is InChI=1S/C7H4BrClF3N/c8-4-2-6(13)3(1-5(4)9)7(10,11)12/h1-2H,13H2.